The third kappa shape index (κ3) is 1.73. The average molecular weight is 248 g/mol. The lowest BCUT2D eigenvalue weighted by Crippen LogP contribution is -1.96. The van der Waals surface area contributed by atoms with Crippen LogP contribution < -0.4 is 0 Å². The van der Waals surface area contributed by atoms with E-state index in [1.807, 2.05) is 0 Å². The molecule has 2 rings (SSSR count). The van der Waals surface area contributed by atoms with Crippen LogP contribution in [-0.4, -0.2) is 9.78 Å². The molecule has 0 radical (unpaired) electrons. The predicted octanol–water partition coefficient (Wildman–Crippen LogP) is 3.83. The molecule has 1 aromatic carbocycles. The molecule has 0 spiro atoms. The molecule has 0 aliphatic rings. The van der Waals surface area contributed by atoms with E-state index in [1.54, 1.807) is 35.3 Å². The molecule has 1 heterocycles. The van der Waals surface area contributed by atoms with Crippen LogP contribution in [0.15, 0.2) is 30.6 Å². The van der Waals surface area contributed by atoms with Crippen molar-refractivity contribution in [3.8, 4) is 5.69 Å². The molecule has 0 saturated carbocycles. The maximum absolute atomic E-state index is 6.00. The van der Waals surface area contributed by atoms with Gasteiger partial charge in [0.15, 0.2) is 0 Å². The third-order valence-corrected chi connectivity index (χ3v) is 2.51. The molecular formula is C9H5Cl3N2. The van der Waals surface area contributed by atoms with Crippen LogP contribution in [0, 0.1) is 0 Å². The predicted molar refractivity (Wildman–Crippen MR) is 58.6 cm³/mol. The minimum atomic E-state index is 0.478. The minimum Gasteiger partial charge on any atom is -0.238 e. The Morgan fingerprint density at radius 1 is 1.07 bits per heavy atom. The molecule has 2 nitrogen and oxygen atoms in total. The van der Waals surface area contributed by atoms with Gasteiger partial charge in [0, 0.05) is 17.4 Å². The summed E-state index contributed by atoms with van der Waals surface area (Å²) in [6.07, 6.45) is 3.42. The fourth-order valence-corrected chi connectivity index (χ4v) is 2.14. The van der Waals surface area contributed by atoms with Crippen LogP contribution in [-0.2, 0) is 0 Å². The Hall–Kier alpha value is -0.700. The summed E-state index contributed by atoms with van der Waals surface area (Å²) in [7, 11) is 0. The highest BCUT2D eigenvalue weighted by atomic mass is 35.5. The van der Waals surface area contributed by atoms with Crippen molar-refractivity contribution >= 4 is 34.8 Å². The van der Waals surface area contributed by atoms with Gasteiger partial charge < -0.3 is 0 Å². The second kappa shape index (κ2) is 3.81. The average Bonchev–Trinajstić information content (AvgIpc) is 2.54. The van der Waals surface area contributed by atoms with E-state index in [-0.39, 0.29) is 0 Å². The first kappa shape index (κ1) is 9.84. The smallest absolute Gasteiger partial charge is 0.102 e. The number of halogens is 3. The molecule has 1 aromatic heterocycles. The lowest BCUT2D eigenvalue weighted by molar-refractivity contribution is 0.881. The number of rotatable bonds is 1. The molecule has 0 unspecified atom stereocenters. The van der Waals surface area contributed by atoms with Crippen molar-refractivity contribution in [2.24, 2.45) is 0 Å². The highest BCUT2D eigenvalue weighted by Crippen LogP contribution is 2.31. The van der Waals surface area contributed by atoms with Gasteiger partial charge in [-0.25, -0.2) is 4.68 Å². The largest absolute Gasteiger partial charge is 0.238 e. The van der Waals surface area contributed by atoms with Gasteiger partial charge in [-0.3, -0.25) is 0 Å². The van der Waals surface area contributed by atoms with Gasteiger partial charge in [-0.05, 0) is 18.2 Å². The zero-order valence-electron chi connectivity index (χ0n) is 6.92. The highest BCUT2D eigenvalue weighted by Gasteiger charge is 2.09. The normalized spacial score (nSPS) is 10.5. The summed E-state index contributed by atoms with van der Waals surface area (Å²) in [6.45, 7) is 0. The Kier molecular flexibility index (Phi) is 2.68. The topological polar surface area (TPSA) is 17.8 Å². The lowest BCUT2D eigenvalue weighted by Gasteiger charge is -2.06. The summed E-state index contributed by atoms with van der Waals surface area (Å²) in [6, 6.07) is 5.05. The molecule has 5 heteroatoms. The number of hydrogen-bond donors (Lipinski definition) is 0. The molecule has 14 heavy (non-hydrogen) atoms. The van der Waals surface area contributed by atoms with Gasteiger partial charge in [0.05, 0.1) is 10.0 Å². The summed E-state index contributed by atoms with van der Waals surface area (Å²) in [5.41, 5.74) is 0.641. The van der Waals surface area contributed by atoms with E-state index < -0.39 is 0 Å². The standard InChI is InChI=1S/C9H5Cl3N2/c10-6-4-7(11)9(8(12)5-6)14-3-1-2-13-14/h1-5H. The first-order chi connectivity index (χ1) is 6.68. The SMILES string of the molecule is Clc1cc(Cl)c(-n2cccn2)c(Cl)c1. The fraction of sp³-hybridized carbons (Fsp3) is 0. The van der Waals surface area contributed by atoms with Crippen molar-refractivity contribution in [2.75, 3.05) is 0 Å². The zero-order valence-corrected chi connectivity index (χ0v) is 9.18. The Morgan fingerprint density at radius 3 is 2.21 bits per heavy atom. The first-order valence-electron chi connectivity index (χ1n) is 3.83. The Morgan fingerprint density at radius 2 is 1.71 bits per heavy atom. The van der Waals surface area contributed by atoms with Gasteiger partial charge in [0.25, 0.3) is 0 Å². The van der Waals surface area contributed by atoms with E-state index in [2.05, 4.69) is 5.10 Å². The van der Waals surface area contributed by atoms with Crippen LogP contribution in [0.1, 0.15) is 0 Å². The number of nitrogens with zero attached hydrogens (tertiary/aromatic N) is 2. The quantitative estimate of drug-likeness (QED) is 0.749. The van der Waals surface area contributed by atoms with Gasteiger partial charge in [-0.2, -0.15) is 5.10 Å². The van der Waals surface area contributed by atoms with Crippen LogP contribution in [0.25, 0.3) is 5.69 Å². The molecule has 0 saturated heterocycles. The minimum absolute atomic E-state index is 0.478. The summed E-state index contributed by atoms with van der Waals surface area (Å²) in [4.78, 5) is 0. The van der Waals surface area contributed by atoms with Crippen molar-refractivity contribution in [1.29, 1.82) is 0 Å². The van der Waals surface area contributed by atoms with Gasteiger partial charge >= 0.3 is 0 Å². The van der Waals surface area contributed by atoms with E-state index in [0.717, 1.165) is 0 Å². The molecule has 72 valence electrons. The van der Waals surface area contributed by atoms with Crippen LogP contribution in [0.4, 0.5) is 0 Å². The second-order valence-electron chi connectivity index (χ2n) is 2.67. The Balaban J connectivity index is 2.64. The molecule has 0 bridgehead atoms. The monoisotopic (exact) mass is 246 g/mol. The van der Waals surface area contributed by atoms with E-state index in [9.17, 15) is 0 Å². The van der Waals surface area contributed by atoms with Gasteiger partial charge in [0.2, 0.25) is 0 Å². The van der Waals surface area contributed by atoms with E-state index in [1.165, 1.54) is 0 Å². The van der Waals surface area contributed by atoms with Crippen LogP contribution in [0.5, 0.6) is 0 Å². The first-order valence-corrected chi connectivity index (χ1v) is 4.96. The van der Waals surface area contributed by atoms with Gasteiger partial charge in [-0.15, -0.1) is 0 Å². The van der Waals surface area contributed by atoms with E-state index >= 15 is 0 Å². The molecular weight excluding hydrogens is 242 g/mol. The highest BCUT2D eigenvalue weighted by molar-refractivity contribution is 6.40. The van der Waals surface area contributed by atoms with Crippen LogP contribution >= 0.6 is 34.8 Å². The van der Waals surface area contributed by atoms with Crippen molar-refractivity contribution in [3.63, 3.8) is 0 Å². The van der Waals surface area contributed by atoms with Crippen molar-refractivity contribution in [2.45, 2.75) is 0 Å². The van der Waals surface area contributed by atoms with Crippen molar-refractivity contribution in [3.05, 3.63) is 45.7 Å². The Labute approximate surface area is 96.0 Å². The van der Waals surface area contributed by atoms with Crippen LogP contribution in [0.2, 0.25) is 15.1 Å². The number of aromatic nitrogens is 2. The lowest BCUT2D eigenvalue weighted by atomic mass is 10.3. The van der Waals surface area contributed by atoms with Gasteiger partial charge in [-0.1, -0.05) is 34.8 Å². The molecule has 0 aliphatic carbocycles. The summed E-state index contributed by atoms with van der Waals surface area (Å²) in [5, 5.41) is 5.51. The zero-order chi connectivity index (χ0) is 10.1. The summed E-state index contributed by atoms with van der Waals surface area (Å²) < 4.78 is 1.60. The van der Waals surface area contributed by atoms with Crippen molar-refractivity contribution < 1.29 is 0 Å². The van der Waals surface area contributed by atoms with Crippen LogP contribution in [0.3, 0.4) is 0 Å². The maximum atomic E-state index is 6.00. The fourth-order valence-electron chi connectivity index (χ4n) is 1.15. The Bertz CT molecular complexity index is 428. The summed E-state index contributed by atoms with van der Waals surface area (Å²) >= 11 is 17.8. The molecule has 0 N–H and O–H groups in total. The van der Waals surface area contributed by atoms with Gasteiger partial charge in [0.1, 0.15) is 5.69 Å². The third-order valence-electron chi connectivity index (χ3n) is 1.72. The van der Waals surface area contributed by atoms with E-state index in [4.69, 9.17) is 34.8 Å². The molecule has 2 aromatic rings. The number of hydrogen-bond acceptors (Lipinski definition) is 1. The second-order valence-corrected chi connectivity index (χ2v) is 3.92. The molecule has 0 atom stereocenters. The summed E-state index contributed by atoms with van der Waals surface area (Å²) in [5.74, 6) is 0. The maximum Gasteiger partial charge on any atom is 0.102 e. The van der Waals surface area contributed by atoms with E-state index in [0.29, 0.717) is 20.8 Å². The van der Waals surface area contributed by atoms with Crippen molar-refractivity contribution in [1.82, 2.24) is 9.78 Å². The molecule has 0 fully saturated rings. The molecule has 0 aliphatic heterocycles. The number of benzene rings is 1. The molecule has 0 amide bonds.